The van der Waals surface area contributed by atoms with Gasteiger partial charge in [0.2, 0.25) is 11.8 Å². The maximum absolute atomic E-state index is 13.0. The van der Waals surface area contributed by atoms with Crippen molar-refractivity contribution in [1.29, 1.82) is 0 Å². The molecular weight excluding hydrogens is 382 g/mol. The average Bonchev–Trinajstić information content (AvgIpc) is 2.94. The molecule has 162 valence electrons. The van der Waals surface area contributed by atoms with Crippen LogP contribution in [-0.2, 0) is 14.4 Å². The molecule has 0 saturated carbocycles. The Morgan fingerprint density at radius 3 is 2.17 bits per heavy atom. The highest BCUT2D eigenvalue weighted by molar-refractivity contribution is 6.22. The van der Waals surface area contributed by atoms with Crippen LogP contribution in [0.25, 0.3) is 0 Å². The fourth-order valence-electron chi connectivity index (χ4n) is 4.91. The largest absolute Gasteiger partial charge is 0.497 e. The van der Waals surface area contributed by atoms with Crippen LogP contribution in [0, 0.1) is 5.92 Å². The number of imide groups is 1. The van der Waals surface area contributed by atoms with Gasteiger partial charge in [-0.25, -0.2) is 4.90 Å². The van der Waals surface area contributed by atoms with Gasteiger partial charge in [0.25, 0.3) is 5.91 Å². The maximum atomic E-state index is 13.0. The van der Waals surface area contributed by atoms with Gasteiger partial charge in [-0.2, -0.15) is 0 Å². The molecule has 7 nitrogen and oxygen atoms in total. The summed E-state index contributed by atoms with van der Waals surface area (Å²) in [6.45, 7) is 3.13. The van der Waals surface area contributed by atoms with Crippen LogP contribution in [0.4, 0.5) is 5.69 Å². The second-order valence-corrected chi connectivity index (χ2v) is 8.54. The zero-order valence-corrected chi connectivity index (χ0v) is 17.7. The average molecular weight is 414 g/mol. The summed E-state index contributed by atoms with van der Waals surface area (Å²) in [5, 5.41) is 0. The van der Waals surface area contributed by atoms with Crippen molar-refractivity contribution in [2.45, 2.75) is 51.0 Å². The number of ether oxygens (including phenoxy) is 1. The molecule has 0 radical (unpaired) electrons. The van der Waals surface area contributed by atoms with E-state index < -0.39 is 6.04 Å². The number of anilines is 1. The van der Waals surface area contributed by atoms with E-state index in [1.807, 2.05) is 4.90 Å². The summed E-state index contributed by atoms with van der Waals surface area (Å²) < 4.78 is 5.15. The Morgan fingerprint density at radius 2 is 1.57 bits per heavy atom. The minimum Gasteiger partial charge on any atom is -0.497 e. The second-order valence-electron chi connectivity index (χ2n) is 8.54. The van der Waals surface area contributed by atoms with Crippen molar-refractivity contribution in [2.24, 2.45) is 5.92 Å². The number of hydrogen-bond acceptors (Lipinski definition) is 5. The summed E-state index contributed by atoms with van der Waals surface area (Å²) in [4.78, 5) is 44.0. The third-order valence-electron chi connectivity index (χ3n) is 6.69. The first kappa shape index (κ1) is 20.8. The number of rotatable bonds is 4. The van der Waals surface area contributed by atoms with Crippen LogP contribution in [-0.4, -0.2) is 66.9 Å². The van der Waals surface area contributed by atoms with E-state index in [1.165, 1.54) is 17.7 Å². The van der Waals surface area contributed by atoms with Crippen LogP contribution in [0.1, 0.15) is 44.9 Å². The molecule has 0 unspecified atom stereocenters. The standard InChI is InChI=1S/C23H31N3O4/c1-30-19-8-6-18(7-9-19)26-21(27)16-20(23(26)29)24-14-10-17(11-15-24)22(28)25-12-4-2-3-5-13-25/h6-9,17,20H,2-5,10-16H2,1H3/t20-/m0/s1. The van der Waals surface area contributed by atoms with Gasteiger partial charge in [-0.1, -0.05) is 12.8 Å². The first-order valence-electron chi connectivity index (χ1n) is 11.1. The number of methoxy groups -OCH3 is 1. The molecule has 1 aromatic rings. The number of piperidine rings is 1. The highest BCUT2D eigenvalue weighted by Crippen LogP contribution is 2.30. The molecule has 3 saturated heterocycles. The van der Waals surface area contributed by atoms with Gasteiger partial charge in [0, 0.05) is 19.0 Å². The molecule has 1 aromatic carbocycles. The van der Waals surface area contributed by atoms with Crippen LogP contribution >= 0.6 is 0 Å². The van der Waals surface area contributed by atoms with E-state index >= 15 is 0 Å². The molecule has 0 aliphatic carbocycles. The maximum Gasteiger partial charge on any atom is 0.251 e. The van der Waals surface area contributed by atoms with Gasteiger partial charge >= 0.3 is 0 Å². The van der Waals surface area contributed by atoms with Crippen molar-refractivity contribution in [3.63, 3.8) is 0 Å². The Kier molecular flexibility index (Phi) is 6.37. The van der Waals surface area contributed by atoms with Gasteiger partial charge in [-0.05, 0) is 63.0 Å². The Balaban J connectivity index is 1.36. The van der Waals surface area contributed by atoms with Crippen molar-refractivity contribution in [3.8, 4) is 5.75 Å². The zero-order valence-electron chi connectivity index (χ0n) is 17.7. The first-order valence-corrected chi connectivity index (χ1v) is 11.1. The molecule has 0 bridgehead atoms. The number of nitrogens with zero attached hydrogens (tertiary/aromatic N) is 3. The lowest BCUT2D eigenvalue weighted by Gasteiger charge is -2.36. The van der Waals surface area contributed by atoms with E-state index in [1.54, 1.807) is 31.4 Å². The highest BCUT2D eigenvalue weighted by Gasteiger charge is 2.44. The summed E-state index contributed by atoms with van der Waals surface area (Å²) in [5.41, 5.74) is 0.583. The molecule has 7 heteroatoms. The highest BCUT2D eigenvalue weighted by atomic mass is 16.5. The van der Waals surface area contributed by atoms with Crippen LogP contribution in [0.2, 0.25) is 0 Å². The summed E-state index contributed by atoms with van der Waals surface area (Å²) in [6, 6.07) is 6.56. The van der Waals surface area contributed by atoms with Crippen molar-refractivity contribution >= 4 is 23.4 Å². The van der Waals surface area contributed by atoms with E-state index in [2.05, 4.69) is 4.90 Å². The number of benzene rings is 1. The summed E-state index contributed by atoms with van der Waals surface area (Å²) in [6.07, 6.45) is 6.35. The molecular formula is C23H31N3O4. The van der Waals surface area contributed by atoms with Crippen LogP contribution < -0.4 is 9.64 Å². The van der Waals surface area contributed by atoms with Crippen LogP contribution in [0.5, 0.6) is 5.75 Å². The normalized spacial score (nSPS) is 24.2. The molecule has 3 heterocycles. The van der Waals surface area contributed by atoms with E-state index in [-0.39, 0.29) is 30.1 Å². The lowest BCUT2D eigenvalue weighted by atomic mass is 9.94. The lowest BCUT2D eigenvalue weighted by Crippen LogP contribution is -2.48. The fraction of sp³-hybridized carbons (Fsp3) is 0.609. The number of carbonyl (C=O) groups is 3. The summed E-state index contributed by atoms with van der Waals surface area (Å²) >= 11 is 0. The zero-order chi connectivity index (χ0) is 21.1. The first-order chi connectivity index (χ1) is 14.6. The Hall–Kier alpha value is -2.41. The van der Waals surface area contributed by atoms with Gasteiger partial charge in [0.05, 0.1) is 25.3 Å². The summed E-state index contributed by atoms with van der Waals surface area (Å²) in [5.74, 6) is 0.681. The molecule has 0 aromatic heterocycles. The molecule has 1 atom stereocenters. The SMILES string of the molecule is COc1ccc(N2C(=O)C[C@H](N3CCC(C(=O)N4CCCCCC4)CC3)C2=O)cc1. The smallest absolute Gasteiger partial charge is 0.251 e. The quantitative estimate of drug-likeness (QED) is 0.709. The predicted molar refractivity (Wildman–Crippen MR) is 113 cm³/mol. The Bertz CT molecular complexity index is 778. The molecule has 3 amide bonds. The van der Waals surface area contributed by atoms with Gasteiger partial charge < -0.3 is 9.64 Å². The molecule has 30 heavy (non-hydrogen) atoms. The molecule has 3 fully saturated rings. The predicted octanol–water partition coefficient (Wildman–Crippen LogP) is 2.44. The van der Waals surface area contributed by atoms with Crippen LogP contribution in [0.3, 0.4) is 0 Å². The van der Waals surface area contributed by atoms with E-state index in [0.29, 0.717) is 24.5 Å². The minimum absolute atomic E-state index is 0.0456. The third kappa shape index (κ3) is 4.21. The van der Waals surface area contributed by atoms with Gasteiger partial charge in [0.1, 0.15) is 5.75 Å². The fourth-order valence-corrected chi connectivity index (χ4v) is 4.91. The number of hydrogen-bond donors (Lipinski definition) is 0. The van der Waals surface area contributed by atoms with E-state index in [0.717, 1.165) is 38.8 Å². The van der Waals surface area contributed by atoms with Crippen molar-refractivity contribution in [2.75, 3.05) is 38.2 Å². The minimum atomic E-state index is -0.422. The molecule has 3 aliphatic heterocycles. The lowest BCUT2D eigenvalue weighted by molar-refractivity contribution is -0.137. The molecule has 3 aliphatic rings. The number of likely N-dealkylation sites (tertiary alicyclic amines) is 2. The van der Waals surface area contributed by atoms with Crippen molar-refractivity contribution < 1.29 is 19.1 Å². The van der Waals surface area contributed by atoms with Gasteiger partial charge in [0.15, 0.2) is 0 Å². The Labute approximate surface area is 177 Å². The van der Waals surface area contributed by atoms with Gasteiger partial charge in [-0.15, -0.1) is 0 Å². The number of carbonyl (C=O) groups excluding carboxylic acids is 3. The molecule has 4 rings (SSSR count). The molecule has 0 N–H and O–H groups in total. The Morgan fingerprint density at radius 1 is 0.933 bits per heavy atom. The topological polar surface area (TPSA) is 70.2 Å². The van der Waals surface area contributed by atoms with Gasteiger partial charge in [-0.3, -0.25) is 19.3 Å². The number of amides is 3. The molecule has 0 spiro atoms. The van der Waals surface area contributed by atoms with Crippen LogP contribution in [0.15, 0.2) is 24.3 Å². The second kappa shape index (κ2) is 9.16. The van der Waals surface area contributed by atoms with Crippen molar-refractivity contribution in [3.05, 3.63) is 24.3 Å². The third-order valence-corrected chi connectivity index (χ3v) is 6.69. The summed E-state index contributed by atoms with van der Waals surface area (Å²) in [7, 11) is 1.58. The monoisotopic (exact) mass is 413 g/mol. The van der Waals surface area contributed by atoms with E-state index in [4.69, 9.17) is 4.74 Å². The van der Waals surface area contributed by atoms with E-state index in [9.17, 15) is 14.4 Å². The van der Waals surface area contributed by atoms with Crippen molar-refractivity contribution in [1.82, 2.24) is 9.80 Å².